The molecule has 0 aromatic carbocycles. The van der Waals surface area contributed by atoms with Crippen LogP contribution in [0.15, 0.2) is 0 Å². The summed E-state index contributed by atoms with van der Waals surface area (Å²) in [6.07, 6.45) is -2.88. The van der Waals surface area contributed by atoms with Crippen molar-refractivity contribution >= 4 is 17.9 Å². The van der Waals surface area contributed by atoms with Crippen LogP contribution in [-0.2, 0) is 19.1 Å². The molecule has 1 saturated heterocycles. The predicted octanol–water partition coefficient (Wildman–Crippen LogP) is -1.80. The lowest BCUT2D eigenvalue weighted by Gasteiger charge is -2.18. The molecule has 1 aliphatic heterocycles. The smallest absolute Gasteiger partial charge is 0.348 e. The summed E-state index contributed by atoms with van der Waals surface area (Å²) < 4.78 is 4.13. The third-order valence-electron chi connectivity index (χ3n) is 1.69. The summed E-state index contributed by atoms with van der Waals surface area (Å²) in [5.41, 5.74) is -2.65. The average Bonchev–Trinajstić information content (AvgIpc) is 2.27. The van der Waals surface area contributed by atoms with Crippen LogP contribution in [0.2, 0.25) is 0 Å². The second kappa shape index (κ2) is 2.70. The Labute approximate surface area is 71.5 Å². The van der Waals surface area contributed by atoms with Crippen molar-refractivity contribution < 1.29 is 34.4 Å². The van der Waals surface area contributed by atoms with Crippen LogP contribution < -0.4 is 0 Å². The van der Waals surface area contributed by atoms with Gasteiger partial charge in [-0.2, -0.15) is 0 Å². The van der Waals surface area contributed by atoms with E-state index in [4.69, 9.17) is 10.2 Å². The van der Waals surface area contributed by atoms with Gasteiger partial charge in [0.15, 0.2) is 0 Å². The minimum absolute atomic E-state index is 0.848. The molecule has 0 saturated carbocycles. The van der Waals surface area contributed by atoms with E-state index in [0.29, 0.717) is 0 Å². The fourth-order valence-electron chi connectivity index (χ4n) is 1.03. The first-order valence-electron chi connectivity index (χ1n) is 3.26. The number of ether oxygens (including phenoxy) is 1. The number of carbonyl (C=O) groups is 3. The Kier molecular flexibility index (Phi) is 1.96. The van der Waals surface area contributed by atoms with Crippen molar-refractivity contribution in [2.75, 3.05) is 0 Å². The molecule has 1 heterocycles. The summed E-state index contributed by atoms with van der Waals surface area (Å²) in [5, 5.41) is 26.1. The van der Waals surface area contributed by atoms with Crippen LogP contribution in [0.5, 0.6) is 0 Å². The number of aliphatic hydroxyl groups is 1. The van der Waals surface area contributed by atoms with Gasteiger partial charge < -0.3 is 20.1 Å². The van der Waals surface area contributed by atoms with Crippen molar-refractivity contribution in [3.63, 3.8) is 0 Å². The molecule has 0 unspecified atom stereocenters. The summed E-state index contributed by atoms with van der Waals surface area (Å²) in [6.45, 7) is 0. The second-order valence-corrected chi connectivity index (χ2v) is 2.61. The van der Waals surface area contributed by atoms with E-state index in [-0.39, 0.29) is 0 Å². The van der Waals surface area contributed by atoms with E-state index in [1.165, 1.54) is 0 Å². The number of aliphatic carboxylic acids is 2. The van der Waals surface area contributed by atoms with Crippen LogP contribution in [0, 0.1) is 0 Å². The molecule has 0 amide bonds. The standard InChI is InChI=1S/C6H6O7/c7-2-1-6(12,5(10)11)3(13-2)4(8)9/h3,12H,1H2,(H,8,9)(H,10,11)/t3-,6-/m0/s1. The molecular weight excluding hydrogens is 184 g/mol. The normalized spacial score (nSPS) is 32.7. The zero-order chi connectivity index (χ0) is 10.2. The lowest BCUT2D eigenvalue weighted by molar-refractivity contribution is -0.176. The highest BCUT2D eigenvalue weighted by Crippen LogP contribution is 2.27. The molecule has 0 aliphatic carbocycles. The molecule has 3 N–H and O–H groups in total. The third kappa shape index (κ3) is 1.33. The summed E-state index contributed by atoms with van der Waals surface area (Å²) in [5.74, 6) is -4.51. The Balaban J connectivity index is 3.01. The van der Waals surface area contributed by atoms with E-state index in [1.54, 1.807) is 0 Å². The average molecular weight is 190 g/mol. The Morgan fingerprint density at radius 1 is 1.46 bits per heavy atom. The molecule has 0 spiro atoms. The molecule has 1 rings (SSSR count). The highest BCUT2D eigenvalue weighted by molar-refractivity contribution is 5.95. The molecule has 7 nitrogen and oxygen atoms in total. The van der Waals surface area contributed by atoms with Crippen molar-refractivity contribution in [1.82, 2.24) is 0 Å². The van der Waals surface area contributed by atoms with Crippen LogP contribution in [-0.4, -0.2) is 44.9 Å². The minimum atomic E-state index is -2.65. The van der Waals surface area contributed by atoms with Gasteiger partial charge in [-0.25, -0.2) is 9.59 Å². The van der Waals surface area contributed by atoms with Crippen LogP contribution in [0.1, 0.15) is 6.42 Å². The number of carbonyl (C=O) groups excluding carboxylic acids is 1. The van der Waals surface area contributed by atoms with Gasteiger partial charge in [0.1, 0.15) is 0 Å². The van der Waals surface area contributed by atoms with Gasteiger partial charge in [0.25, 0.3) is 0 Å². The SMILES string of the molecule is O=C1C[C@@](O)(C(=O)O)[C@H](C(=O)O)O1. The van der Waals surface area contributed by atoms with Crippen LogP contribution in [0.3, 0.4) is 0 Å². The van der Waals surface area contributed by atoms with E-state index in [2.05, 4.69) is 4.74 Å². The Bertz CT molecular complexity index is 283. The lowest BCUT2D eigenvalue weighted by Crippen LogP contribution is -2.49. The van der Waals surface area contributed by atoms with Gasteiger partial charge >= 0.3 is 17.9 Å². The molecule has 0 aromatic rings. The Morgan fingerprint density at radius 2 is 2.00 bits per heavy atom. The molecule has 1 fully saturated rings. The van der Waals surface area contributed by atoms with E-state index in [0.717, 1.165) is 0 Å². The molecule has 7 heteroatoms. The van der Waals surface area contributed by atoms with E-state index < -0.39 is 36.0 Å². The molecule has 13 heavy (non-hydrogen) atoms. The molecule has 0 aromatic heterocycles. The van der Waals surface area contributed by atoms with E-state index >= 15 is 0 Å². The quantitative estimate of drug-likeness (QED) is 0.439. The Morgan fingerprint density at radius 3 is 2.31 bits per heavy atom. The van der Waals surface area contributed by atoms with Gasteiger partial charge in [0, 0.05) is 0 Å². The summed E-state index contributed by atoms with van der Waals surface area (Å²) in [7, 11) is 0. The number of esters is 1. The number of hydrogen-bond acceptors (Lipinski definition) is 5. The maximum atomic E-state index is 10.6. The maximum absolute atomic E-state index is 10.6. The minimum Gasteiger partial charge on any atom is -0.479 e. The number of rotatable bonds is 2. The number of carboxylic acid groups (broad SMARTS) is 2. The predicted molar refractivity (Wildman–Crippen MR) is 34.7 cm³/mol. The first kappa shape index (κ1) is 9.46. The van der Waals surface area contributed by atoms with Gasteiger partial charge in [0.05, 0.1) is 6.42 Å². The number of cyclic esters (lactones) is 1. The number of hydrogen-bond donors (Lipinski definition) is 3. The van der Waals surface area contributed by atoms with Gasteiger partial charge in [0.2, 0.25) is 11.7 Å². The fraction of sp³-hybridized carbons (Fsp3) is 0.500. The van der Waals surface area contributed by atoms with Crippen molar-refractivity contribution in [2.24, 2.45) is 0 Å². The van der Waals surface area contributed by atoms with E-state index in [1.807, 2.05) is 0 Å². The first-order chi connectivity index (χ1) is 5.88. The van der Waals surface area contributed by atoms with Crippen molar-refractivity contribution in [1.29, 1.82) is 0 Å². The zero-order valence-electron chi connectivity index (χ0n) is 6.26. The van der Waals surface area contributed by atoms with Crippen molar-refractivity contribution in [3.05, 3.63) is 0 Å². The second-order valence-electron chi connectivity index (χ2n) is 2.61. The summed E-state index contributed by atoms with van der Waals surface area (Å²) in [6, 6.07) is 0. The van der Waals surface area contributed by atoms with Crippen molar-refractivity contribution in [2.45, 2.75) is 18.1 Å². The van der Waals surface area contributed by atoms with Gasteiger partial charge in [-0.3, -0.25) is 4.79 Å². The zero-order valence-corrected chi connectivity index (χ0v) is 6.26. The molecule has 0 bridgehead atoms. The summed E-state index contributed by atoms with van der Waals surface area (Å²) >= 11 is 0. The highest BCUT2D eigenvalue weighted by Gasteiger charge is 2.58. The van der Waals surface area contributed by atoms with Crippen LogP contribution in [0.4, 0.5) is 0 Å². The summed E-state index contributed by atoms with van der Waals surface area (Å²) in [4.78, 5) is 31.4. The fourth-order valence-corrected chi connectivity index (χ4v) is 1.03. The molecule has 1 aliphatic rings. The van der Waals surface area contributed by atoms with Gasteiger partial charge in [-0.15, -0.1) is 0 Å². The largest absolute Gasteiger partial charge is 0.479 e. The maximum Gasteiger partial charge on any atom is 0.348 e. The lowest BCUT2D eigenvalue weighted by atomic mass is 9.96. The van der Waals surface area contributed by atoms with Crippen LogP contribution in [0.25, 0.3) is 0 Å². The first-order valence-corrected chi connectivity index (χ1v) is 3.26. The van der Waals surface area contributed by atoms with Crippen molar-refractivity contribution in [3.8, 4) is 0 Å². The third-order valence-corrected chi connectivity index (χ3v) is 1.69. The topological polar surface area (TPSA) is 121 Å². The molecule has 0 radical (unpaired) electrons. The molecule has 2 atom stereocenters. The monoisotopic (exact) mass is 190 g/mol. The van der Waals surface area contributed by atoms with Gasteiger partial charge in [-0.1, -0.05) is 0 Å². The number of carboxylic acids is 2. The van der Waals surface area contributed by atoms with Crippen LogP contribution >= 0.6 is 0 Å². The molecule has 72 valence electrons. The van der Waals surface area contributed by atoms with Gasteiger partial charge in [-0.05, 0) is 0 Å². The highest BCUT2D eigenvalue weighted by atomic mass is 16.6. The molecular formula is C6H6O7. The Hall–Kier alpha value is -1.63. The van der Waals surface area contributed by atoms with E-state index in [9.17, 15) is 19.5 Å².